The average Bonchev–Trinajstić information content (AvgIpc) is 2.76. The Morgan fingerprint density at radius 2 is 1.72 bits per heavy atom. The minimum atomic E-state index is 0. The molecule has 1 aliphatic heterocycles. The van der Waals surface area contributed by atoms with Gasteiger partial charge in [0.25, 0.3) is 0 Å². The Labute approximate surface area is 200 Å². The summed E-state index contributed by atoms with van der Waals surface area (Å²) in [4.78, 5) is 2.57. The Morgan fingerprint density at radius 1 is 1.24 bits per heavy atom. The predicted molar refractivity (Wildman–Crippen MR) is 136 cm³/mol. The van der Waals surface area contributed by atoms with Crippen molar-refractivity contribution in [2.45, 2.75) is 33.2 Å². The number of nitrogen functional groups attached to an aromatic ring is 1. The lowest BCUT2D eigenvalue weighted by Gasteiger charge is -2.28. The van der Waals surface area contributed by atoms with Crippen molar-refractivity contribution in [1.82, 2.24) is 4.90 Å². The van der Waals surface area contributed by atoms with E-state index < -0.39 is 0 Å². The van der Waals surface area contributed by atoms with Crippen molar-refractivity contribution in [3.8, 4) is 5.75 Å². The molecule has 2 N–H and O–H groups in total. The van der Waals surface area contributed by atoms with E-state index in [0.29, 0.717) is 12.6 Å². The van der Waals surface area contributed by atoms with E-state index in [0.717, 1.165) is 49.9 Å². The van der Waals surface area contributed by atoms with Crippen LogP contribution in [0.25, 0.3) is 0 Å². The molecule has 7 heteroatoms. The van der Waals surface area contributed by atoms with Gasteiger partial charge in [-0.05, 0) is 76.1 Å². The first-order valence-corrected chi connectivity index (χ1v) is 10.2. The standard InChI is InChI=1S/C18H26I2N2O.2BrH/c1-11(2)17(22-9-12(3)13(4)10-22)5-6-23-18-15(19)7-14(21)8-16(18)20;;/h7-8,12-13,17H,1,5-6,9-10,21H2,2-4H3;2*1H. The second kappa shape index (κ2) is 11.7. The van der Waals surface area contributed by atoms with Crippen LogP contribution in [0, 0.1) is 19.0 Å². The van der Waals surface area contributed by atoms with E-state index in [2.05, 4.69) is 77.4 Å². The molecule has 3 nitrogen and oxygen atoms in total. The topological polar surface area (TPSA) is 38.5 Å². The highest BCUT2D eigenvalue weighted by atomic mass is 127. The number of halogens is 4. The van der Waals surface area contributed by atoms with Gasteiger partial charge in [-0.1, -0.05) is 26.0 Å². The summed E-state index contributed by atoms with van der Waals surface area (Å²) in [5.74, 6) is 2.47. The van der Waals surface area contributed by atoms with Crippen LogP contribution < -0.4 is 10.5 Å². The lowest BCUT2D eigenvalue weighted by atomic mass is 10.0. The van der Waals surface area contributed by atoms with Crippen LogP contribution in [0.15, 0.2) is 24.3 Å². The summed E-state index contributed by atoms with van der Waals surface area (Å²) in [6.45, 7) is 14.1. The average molecular weight is 702 g/mol. The Morgan fingerprint density at radius 3 is 2.16 bits per heavy atom. The molecule has 25 heavy (non-hydrogen) atoms. The lowest BCUT2D eigenvalue weighted by molar-refractivity contribution is 0.208. The number of ether oxygens (including phenoxy) is 1. The maximum absolute atomic E-state index is 6.08. The molecule has 0 bridgehead atoms. The van der Waals surface area contributed by atoms with Crippen molar-refractivity contribution in [2.24, 2.45) is 11.8 Å². The van der Waals surface area contributed by atoms with Gasteiger partial charge >= 0.3 is 0 Å². The molecule has 0 aliphatic carbocycles. The van der Waals surface area contributed by atoms with E-state index >= 15 is 0 Å². The number of nitrogens with two attached hydrogens (primary N) is 1. The molecule has 144 valence electrons. The van der Waals surface area contributed by atoms with Crippen molar-refractivity contribution in [3.05, 3.63) is 31.4 Å². The molecule has 0 radical (unpaired) electrons. The van der Waals surface area contributed by atoms with E-state index in [4.69, 9.17) is 10.5 Å². The molecular weight excluding hydrogens is 674 g/mol. The monoisotopic (exact) mass is 700 g/mol. The van der Waals surface area contributed by atoms with Crippen LogP contribution in [-0.2, 0) is 0 Å². The SMILES string of the molecule is Br.Br.C=C(C)C(CCOc1c(I)cc(N)cc1I)N1CC(C)C(C)C1. The van der Waals surface area contributed by atoms with Crippen LogP contribution >= 0.6 is 79.1 Å². The van der Waals surface area contributed by atoms with Gasteiger partial charge in [0.05, 0.1) is 13.7 Å². The summed E-state index contributed by atoms with van der Waals surface area (Å²) < 4.78 is 8.22. The van der Waals surface area contributed by atoms with Crippen molar-refractivity contribution >= 4 is 84.8 Å². The Hall–Kier alpha value is 0.940. The third-order valence-corrected chi connectivity index (χ3v) is 6.29. The third-order valence-electron chi connectivity index (χ3n) is 4.68. The summed E-state index contributed by atoms with van der Waals surface area (Å²) in [5.41, 5.74) is 7.89. The third kappa shape index (κ3) is 7.12. The summed E-state index contributed by atoms with van der Waals surface area (Å²) in [6.07, 6.45) is 0.977. The number of hydrogen-bond acceptors (Lipinski definition) is 3. The number of nitrogens with zero attached hydrogens (tertiary/aromatic N) is 1. The summed E-state index contributed by atoms with van der Waals surface area (Å²) in [7, 11) is 0. The predicted octanol–water partition coefficient (Wildman–Crippen LogP) is 5.94. The fourth-order valence-electron chi connectivity index (χ4n) is 3.16. The second-order valence-corrected chi connectivity index (χ2v) is 9.05. The normalized spacial score (nSPS) is 21.2. The van der Waals surface area contributed by atoms with Gasteiger partial charge in [0.2, 0.25) is 0 Å². The molecular formula is C18H28Br2I2N2O. The number of rotatable bonds is 6. The first-order valence-electron chi connectivity index (χ1n) is 8.06. The smallest absolute Gasteiger partial charge is 0.146 e. The number of hydrogen-bond donors (Lipinski definition) is 1. The summed E-state index contributed by atoms with van der Waals surface area (Å²) >= 11 is 4.58. The van der Waals surface area contributed by atoms with Gasteiger partial charge in [0, 0.05) is 31.2 Å². The Kier molecular flexibility index (Phi) is 12.1. The fraction of sp³-hybridized carbons (Fsp3) is 0.556. The number of likely N-dealkylation sites (tertiary alicyclic amines) is 1. The number of benzene rings is 1. The van der Waals surface area contributed by atoms with E-state index in [9.17, 15) is 0 Å². The minimum absolute atomic E-state index is 0. The molecule has 3 unspecified atom stereocenters. The van der Waals surface area contributed by atoms with Crippen LogP contribution in [0.2, 0.25) is 0 Å². The van der Waals surface area contributed by atoms with Crippen molar-refractivity contribution < 1.29 is 4.74 Å². The molecule has 1 aromatic rings. The molecule has 1 saturated heterocycles. The molecule has 0 spiro atoms. The molecule has 1 aliphatic rings. The van der Waals surface area contributed by atoms with Crippen LogP contribution in [0.1, 0.15) is 27.2 Å². The maximum atomic E-state index is 6.08. The van der Waals surface area contributed by atoms with Gasteiger partial charge in [0.15, 0.2) is 0 Å². The fourth-order valence-corrected chi connectivity index (χ4v) is 5.29. The van der Waals surface area contributed by atoms with Crippen LogP contribution in [0.5, 0.6) is 5.75 Å². The Bertz CT molecular complexity index is 553. The lowest BCUT2D eigenvalue weighted by Crippen LogP contribution is -2.35. The summed E-state index contributed by atoms with van der Waals surface area (Å²) in [6, 6.07) is 4.32. The van der Waals surface area contributed by atoms with E-state index in [1.165, 1.54) is 5.57 Å². The highest BCUT2D eigenvalue weighted by molar-refractivity contribution is 14.1. The Balaban J connectivity index is 0.00000288. The van der Waals surface area contributed by atoms with Crippen molar-refractivity contribution in [3.63, 3.8) is 0 Å². The largest absolute Gasteiger partial charge is 0.491 e. The molecule has 3 atom stereocenters. The second-order valence-electron chi connectivity index (χ2n) is 6.72. The van der Waals surface area contributed by atoms with Crippen LogP contribution in [0.3, 0.4) is 0 Å². The zero-order valence-electron chi connectivity index (χ0n) is 14.9. The molecule has 0 saturated carbocycles. The first kappa shape index (κ1) is 25.9. The van der Waals surface area contributed by atoms with Gasteiger partial charge in [-0.2, -0.15) is 0 Å². The minimum Gasteiger partial charge on any atom is -0.491 e. The molecule has 0 aromatic heterocycles. The molecule has 2 rings (SSSR count). The molecule has 1 fully saturated rings. The van der Waals surface area contributed by atoms with E-state index in [-0.39, 0.29) is 34.0 Å². The highest BCUT2D eigenvalue weighted by Crippen LogP contribution is 2.31. The quantitative estimate of drug-likeness (QED) is 0.227. The van der Waals surface area contributed by atoms with Gasteiger partial charge in [-0.25, -0.2) is 0 Å². The zero-order valence-corrected chi connectivity index (χ0v) is 22.7. The number of anilines is 1. The maximum Gasteiger partial charge on any atom is 0.146 e. The first-order chi connectivity index (χ1) is 10.8. The zero-order chi connectivity index (χ0) is 17.1. The van der Waals surface area contributed by atoms with Gasteiger partial charge in [-0.15, -0.1) is 34.0 Å². The molecule has 0 amide bonds. The van der Waals surface area contributed by atoms with Crippen molar-refractivity contribution in [1.29, 1.82) is 0 Å². The van der Waals surface area contributed by atoms with E-state index in [1.807, 2.05) is 12.1 Å². The molecule has 1 aromatic carbocycles. The van der Waals surface area contributed by atoms with Crippen LogP contribution in [0.4, 0.5) is 5.69 Å². The van der Waals surface area contributed by atoms with Crippen molar-refractivity contribution in [2.75, 3.05) is 25.4 Å². The van der Waals surface area contributed by atoms with Crippen LogP contribution in [-0.4, -0.2) is 30.6 Å². The highest BCUT2D eigenvalue weighted by Gasteiger charge is 2.31. The van der Waals surface area contributed by atoms with Gasteiger partial charge < -0.3 is 10.5 Å². The van der Waals surface area contributed by atoms with E-state index in [1.54, 1.807) is 0 Å². The van der Waals surface area contributed by atoms with Gasteiger partial charge in [0.1, 0.15) is 5.75 Å². The summed E-state index contributed by atoms with van der Waals surface area (Å²) in [5, 5.41) is 0. The molecule has 1 heterocycles. The van der Waals surface area contributed by atoms with Gasteiger partial charge in [-0.3, -0.25) is 4.90 Å².